The standard InChI is InChI=1S/C2H3BrN4O2/c3-2-5-4-1-6(2)7(8)9/h2H,1H2. The van der Waals surface area contributed by atoms with Crippen LogP contribution in [0.1, 0.15) is 0 Å². The predicted molar refractivity (Wildman–Crippen MR) is 31.3 cm³/mol. The van der Waals surface area contributed by atoms with Crippen molar-refractivity contribution in [1.82, 2.24) is 5.01 Å². The summed E-state index contributed by atoms with van der Waals surface area (Å²) in [6.07, 6.45) is 0. The van der Waals surface area contributed by atoms with E-state index in [1.807, 2.05) is 0 Å². The first kappa shape index (κ1) is 6.40. The van der Waals surface area contributed by atoms with Gasteiger partial charge in [0.25, 0.3) is 5.08 Å². The third-order valence-corrected chi connectivity index (χ3v) is 1.50. The molecule has 1 aliphatic rings. The van der Waals surface area contributed by atoms with Crippen LogP contribution in [0.5, 0.6) is 0 Å². The fourth-order valence-electron chi connectivity index (χ4n) is 0.425. The van der Waals surface area contributed by atoms with Crippen LogP contribution in [-0.2, 0) is 0 Å². The largest absolute Gasteiger partial charge is 0.255 e. The summed E-state index contributed by atoms with van der Waals surface area (Å²) in [5.41, 5.74) is 0. The van der Waals surface area contributed by atoms with Gasteiger partial charge in [0.1, 0.15) is 0 Å². The van der Waals surface area contributed by atoms with Gasteiger partial charge in [-0.1, -0.05) is 5.01 Å². The van der Waals surface area contributed by atoms with Gasteiger partial charge in [0.2, 0.25) is 0 Å². The van der Waals surface area contributed by atoms with Gasteiger partial charge in [0, 0.05) is 0 Å². The fourth-order valence-corrected chi connectivity index (χ4v) is 0.834. The first-order valence-corrected chi connectivity index (χ1v) is 3.05. The highest BCUT2D eigenvalue weighted by Gasteiger charge is 2.27. The Labute approximate surface area is 58.8 Å². The molecule has 1 aliphatic heterocycles. The Morgan fingerprint density at radius 1 is 1.89 bits per heavy atom. The molecule has 0 N–H and O–H groups in total. The molecule has 0 aliphatic carbocycles. The van der Waals surface area contributed by atoms with Crippen molar-refractivity contribution < 1.29 is 5.03 Å². The molecule has 6 nitrogen and oxygen atoms in total. The SMILES string of the molecule is O=[N+]([O-])N1CN=NC1Br. The number of halogens is 1. The van der Waals surface area contributed by atoms with Gasteiger partial charge in [0.15, 0.2) is 11.7 Å². The molecule has 1 unspecified atom stereocenters. The molecule has 0 amide bonds. The summed E-state index contributed by atoms with van der Waals surface area (Å²) in [4.78, 5) is 9.99. The minimum absolute atomic E-state index is 0.0307. The molecule has 0 saturated carbocycles. The monoisotopic (exact) mass is 194 g/mol. The van der Waals surface area contributed by atoms with Gasteiger partial charge < -0.3 is 0 Å². The van der Waals surface area contributed by atoms with Crippen LogP contribution in [0.3, 0.4) is 0 Å². The molecule has 0 saturated heterocycles. The Morgan fingerprint density at radius 2 is 2.56 bits per heavy atom. The third-order valence-electron chi connectivity index (χ3n) is 0.841. The number of hydrogen-bond acceptors (Lipinski definition) is 4. The van der Waals surface area contributed by atoms with Crippen LogP contribution in [0.4, 0.5) is 0 Å². The van der Waals surface area contributed by atoms with Crippen LogP contribution >= 0.6 is 15.9 Å². The summed E-state index contributed by atoms with van der Waals surface area (Å²) in [6.45, 7) is 0.0307. The molecular weight excluding hydrogens is 192 g/mol. The molecule has 1 rings (SSSR count). The fraction of sp³-hybridized carbons (Fsp3) is 1.00. The molecule has 50 valence electrons. The molecule has 7 heteroatoms. The second-order valence-electron chi connectivity index (χ2n) is 1.39. The summed E-state index contributed by atoms with van der Waals surface area (Å²) >= 11 is 2.93. The number of hydrogen-bond donors (Lipinski definition) is 0. The molecular formula is C2H3BrN4O2. The third kappa shape index (κ3) is 1.15. The normalized spacial score (nSPS) is 25.0. The molecule has 0 fully saturated rings. The second-order valence-corrected chi connectivity index (χ2v) is 2.21. The highest BCUT2D eigenvalue weighted by atomic mass is 79.9. The van der Waals surface area contributed by atoms with Gasteiger partial charge in [-0.05, 0) is 15.9 Å². The summed E-state index contributed by atoms with van der Waals surface area (Å²) in [5.74, 6) is 0. The Kier molecular flexibility index (Phi) is 1.60. The lowest BCUT2D eigenvalue weighted by Crippen LogP contribution is -2.31. The van der Waals surface area contributed by atoms with Crippen molar-refractivity contribution in [3.05, 3.63) is 10.1 Å². The van der Waals surface area contributed by atoms with E-state index in [1.165, 1.54) is 0 Å². The van der Waals surface area contributed by atoms with E-state index in [1.54, 1.807) is 0 Å². The molecule has 0 spiro atoms. The van der Waals surface area contributed by atoms with E-state index < -0.39 is 10.1 Å². The highest BCUT2D eigenvalue weighted by Crippen LogP contribution is 2.14. The van der Waals surface area contributed by atoms with Crippen molar-refractivity contribution in [2.75, 3.05) is 6.67 Å². The number of nitrogens with zero attached hydrogens (tertiary/aromatic N) is 4. The van der Waals surface area contributed by atoms with E-state index in [0.29, 0.717) is 0 Å². The zero-order valence-corrected chi connectivity index (χ0v) is 5.85. The van der Waals surface area contributed by atoms with Crippen molar-refractivity contribution in [2.24, 2.45) is 10.2 Å². The summed E-state index contributed by atoms with van der Waals surface area (Å²) in [6, 6.07) is 0. The number of alkyl halides is 1. The van der Waals surface area contributed by atoms with Crippen molar-refractivity contribution in [3.63, 3.8) is 0 Å². The van der Waals surface area contributed by atoms with Gasteiger partial charge >= 0.3 is 0 Å². The molecule has 9 heavy (non-hydrogen) atoms. The van der Waals surface area contributed by atoms with E-state index >= 15 is 0 Å². The Balaban J connectivity index is 2.55. The van der Waals surface area contributed by atoms with Crippen LogP contribution in [-0.4, -0.2) is 21.8 Å². The second kappa shape index (κ2) is 2.26. The summed E-state index contributed by atoms with van der Waals surface area (Å²) in [5, 5.41) is 16.6. The average Bonchev–Trinajstić information content (AvgIpc) is 2.13. The van der Waals surface area contributed by atoms with E-state index in [4.69, 9.17) is 0 Å². The lowest BCUT2D eigenvalue weighted by Gasteiger charge is -2.04. The molecule has 0 radical (unpaired) electrons. The van der Waals surface area contributed by atoms with E-state index in [2.05, 4.69) is 26.2 Å². The van der Waals surface area contributed by atoms with Crippen LogP contribution < -0.4 is 0 Å². The van der Waals surface area contributed by atoms with Crippen LogP contribution in [0.25, 0.3) is 0 Å². The number of azo groups is 1. The minimum Gasteiger partial charge on any atom is -0.235 e. The van der Waals surface area contributed by atoms with Crippen LogP contribution in [0.15, 0.2) is 10.2 Å². The van der Waals surface area contributed by atoms with Gasteiger partial charge in [-0.2, -0.15) is 5.11 Å². The lowest BCUT2D eigenvalue weighted by atomic mass is 11.0. The van der Waals surface area contributed by atoms with Crippen molar-refractivity contribution in [2.45, 2.75) is 5.08 Å². The maximum atomic E-state index is 9.99. The van der Waals surface area contributed by atoms with E-state index in [9.17, 15) is 10.1 Å². The van der Waals surface area contributed by atoms with Crippen LogP contribution in [0, 0.1) is 10.1 Å². The van der Waals surface area contributed by atoms with Crippen molar-refractivity contribution in [3.8, 4) is 0 Å². The van der Waals surface area contributed by atoms with Gasteiger partial charge in [0.05, 0.1) is 0 Å². The summed E-state index contributed by atoms with van der Waals surface area (Å²) < 4.78 is 0. The first-order valence-electron chi connectivity index (χ1n) is 2.13. The van der Waals surface area contributed by atoms with Gasteiger partial charge in [-0.3, -0.25) is 0 Å². The molecule has 0 aromatic carbocycles. The number of rotatable bonds is 1. The number of hydrazine groups is 1. The molecule has 0 aromatic heterocycles. The van der Waals surface area contributed by atoms with Crippen molar-refractivity contribution >= 4 is 15.9 Å². The van der Waals surface area contributed by atoms with Gasteiger partial charge in [-0.25, -0.2) is 10.1 Å². The molecule has 1 heterocycles. The summed E-state index contributed by atoms with van der Waals surface area (Å²) in [7, 11) is 0. The van der Waals surface area contributed by atoms with Crippen molar-refractivity contribution in [1.29, 1.82) is 0 Å². The topological polar surface area (TPSA) is 71.1 Å². The van der Waals surface area contributed by atoms with E-state index in [-0.39, 0.29) is 6.67 Å². The zero-order chi connectivity index (χ0) is 6.85. The average molecular weight is 195 g/mol. The van der Waals surface area contributed by atoms with Gasteiger partial charge in [-0.15, -0.1) is 5.11 Å². The lowest BCUT2D eigenvalue weighted by molar-refractivity contribution is -0.654. The zero-order valence-electron chi connectivity index (χ0n) is 4.27. The molecule has 0 aromatic rings. The smallest absolute Gasteiger partial charge is 0.235 e. The number of nitro groups is 1. The maximum absolute atomic E-state index is 9.99. The molecule has 0 bridgehead atoms. The minimum atomic E-state index is -0.590. The van der Waals surface area contributed by atoms with Crippen LogP contribution in [0.2, 0.25) is 0 Å². The Morgan fingerprint density at radius 3 is 2.78 bits per heavy atom. The maximum Gasteiger partial charge on any atom is 0.255 e. The first-order chi connectivity index (χ1) is 4.22. The highest BCUT2D eigenvalue weighted by molar-refractivity contribution is 9.09. The Hall–Kier alpha value is -0.720. The van der Waals surface area contributed by atoms with E-state index in [0.717, 1.165) is 5.01 Å². The predicted octanol–water partition coefficient (Wildman–Crippen LogP) is 0.582. The Bertz CT molecular complexity index is 159. The molecule has 1 atom stereocenters. The quantitative estimate of drug-likeness (QED) is 0.266.